The lowest BCUT2D eigenvalue weighted by atomic mass is 10.0. The second-order valence-corrected chi connectivity index (χ2v) is 8.93. The van der Waals surface area contributed by atoms with Gasteiger partial charge in [0.2, 0.25) is 0 Å². The number of nitrogens with zero attached hydrogens (tertiary/aromatic N) is 2. The van der Waals surface area contributed by atoms with E-state index in [1.165, 1.54) is 11.1 Å². The van der Waals surface area contributed by atoms with Crippen molar-refractivity contribution in [1.82, 2.24) is 9.80 Å². The van der Waals surface area contributed by atoms with Crippen LogP contribution in [0.25, 0.3) is 0 Å². The summed E-state index contributed by atoms with van der Waals surface area (Å²) in [6.45, 7) is 9.21. The number of piperazine rings is 1. The van der Waals surface area contributed by atoms with Gasteiger partial charge in [-0.1, -0.05) is 60.7 Å². The molecular weight excluding hydrogens is 360 g/mol. The lowest BCUT2D eigenvalue weighted by Crippen LogP contribution is -2.55. The summed E-state index contributed by atoms with van der Waals surface area (Å²) in [6.07, 6.45) is 2.91. The Kier molecular flexibility index (Phi) is 7.32. The highest BCUT2D eigenvalue weighted by Gasteiger charge is 2.32. The van der Waals surface area contributed by atoms with Gasteiger partial charge in [-0.2, -0.15) is 0 Å². The van der Waals surface area contributed by atoms with E-state index in [0.717, 1.165) is 45.4 Å². The summed E-state index contributed by atoms with van der Waals surface area (Å²) >= 11 is 0. The van der Waals surface area contributed by atoms with Gasteiger partial charge in [0.05, 0.1) is 0 Å². The van der Waals surface area contributed by atoms with Crippen molar-refractivity contribution in [3.8, 4) is 0 Å². The summed E-state index contributed by atoms with van der Waals surface area (Å²) in [5.74, 6) is 0. The van der Waals surface area contributed by atoms with Crippen LogP contribution in [0.5, 0.6) is 0 Å². The highest BCUT2D eigenvalue weighted by atomic mass is 16.6. The van der Waals surface area contributed by atoms with E-state index in [0.29, 0.717) is 0 Å². The normalized spacial score (nSPS) is 17.9. The third-order valence-corrected chi connectivity index (χ3v) is 5.29. The van der Waals surface area contributed by atoms with Crippen LogP contribution in [0, 0.1) is 0 Å². The summed E-state index contributed by atoms with van der Waals surface area (Å²) in [7, 11) is 0. The van der Waals surface area contributed by atoms with E-state index in [1.807, 2.05) is 25.7 Å². The fraction of sp³-hybridized carbons (Fsp3) is 0.480. The monoisotopic (exact) mass is 394 g/mol. The number of ether oxygens (including phenoxy) is 1. The van der Waals surface area contributed by atoms with Crippen molar-refractivity contribution in [3.05, 3.63) is 71.8 Å². The molecule has 1 amide bonds. The highest BCUT2D eigenvalue weighted by molar-refractivity contribution is 5.68. The maximum atomic E-state index is 12.8. The first-order valence-corrected chi connectivity index (χ1v) is 10.7. The van der Waals surface area contributed by atoms with Crippen molar-refractivity contribution in [2.75, 3.05) is 19.6 Å². The Morgan fingerprint density at radius 2 is 1.59 bits per heavy atom. The molecule has 2 aromatic rings. The molecule has 1 saturated heterocycles. The average molecular weight is 395 g/mol. The predicted octanol–water partition coefficient (Wildman–Crippen LogP) is 5.13. The van der Waals surface area contributed by atoms with E-state index < -0.39 is 5.60 Å². The van der Waals surface area contributed by atoms with Gasteiger partial charge in [-0.25, -0.2) is 4.79 Å². The molecule has 1 aliphatic rings. The summed E-state index contributed by atoms with van der Waals surface area (Å²) < 4.78 is 5.69. The molecule has 1 atom stereocenters. The second-order valence-electron chi connectivity index (χ2n) is 8.93. The standard InChI is InChI=1S/C25H34N2O2/c1-25(2,3)29-24(28)27-18-17-26(19-22-13-8-5-9-14-22)20-23(27)16-10-15-21-11-6-4-7-12-21/h4-9,11-14,23H,10,15-20H2,1-3H3/t23-/m0/s1. The van der Waals surface area contributed by atoms with Crippen LogP contribution in [-0.4, -0.2) is 47.2 Å². The molecule has 29 heavy (non-hydrogen) atoms. The third-order valence-electron chi connectivity index (χ3n) is 5.29. The quantitative estimate of drug-likeness (QED) is 0.681. The van der Waals surface area contributed by atoms with Gasteiger partial charge < -0.3 is 9.64 Å². The largest absolute Gasteiger partial charge is 0.444 e. The van der Waals surface area contributed by atoms with Crippen molar-refractivity contribution in [3.63, 3.8) is 0 Å². The lowest BCUT2D eigenvalue weighted by molar-refractivity contribution is -0.00404. The molecule has 0 radical (unpaired) electrons. The molecule has 156 valence electrons. The molecular formula is C25H34N2O2. The first kappa shape index (κ1) is 21.4. The van der Waals surface area contributed by atoms with E-state index in [9.17, 15) is 4.79 Å². The highest BCUT2D eigenvalue weighted by Crippen LogP contribution is 2.21. The van der Waals surface area contributed by atoms with Gasteiger partial charge >= 0.3 is 6.09 Å². The fourth-order valence-corrected chi connectivity index (χ4v) is 3.90. The Labute approximate surface area is 175 Å². The summed E-state index contributed by atoms with van der Waals surface area (Å²) in [6, 6.07) is 21.3. The molecule has 3 rings (SSSR count). The third kappa shape index (κ3) is 6.90. The zero-order chi connectivity index (χ0) is 20.7. The molecule has 1 aliphatic heterocycles. The zero-order valence-electron chi connectivity index (χ0n) is 18.0. The predicted molar refractivity (Wildman–Crippen MR) is 118 cm³/mol. The number of aryl methyl sites for hydroxylation is 1. The van der Waals surface area contributed by atoms with Crippen LogP contribution in [0.15, 0.2) is 60.7 Å². The number of carbonyl (C=O) groups is 1. The van der Waals surface area contributed by atoms with Crippen LogP contribution < -0.4 is 0 Å². The van der Waals surface area contributed by atoms with Crippen molar-refractivity contribution in [2.45, 2.75) is 58.2 Å². The maximum Gasteiger partial charge on any atom is 0.410 e. The van der Waals surface area contributed by atoms with Crippen molar-refractivity contribution in [1.29, 1.82) is 0 Å². The number of hydrogen-bond acceptors (Lipinski definition) is 3. The Hall–Kier alpha value is -2.33. The van der Waals surface area contributed by atoms with Gasteiger partial charge in [-0.15, -0.1) is 0 Å². The number of carbonyl (C=O) groups excluding carboxylic acids is 1. The molecule has 2 aromatic carbocycles. The number of rotatable bonds is 6. The van der Waals surface area contributed by atoms with Crippen LogP contribution >= 0.6 is 0 Å². The molecule has 0 aliphatic carbocycles. The van der Waals surface area contributed by atoms with E-state index in [1.54, 1.807) is 0 Å². The lowest BCUT2D eigenvalue weighted by Gasteiger charge is -2.42. The van der Waals surface area contributed by atoms with Crippen LogP contribution in [0.3, 0.4) is 0 Å². The molecule has 0 N–H and O–H groups in total. The number of amides is 1. The van der Waals surface area contributed by atoms with E-state index in [2.05, 4.69) is 65.6 Å². The Balaban J connectivity index is 1.62. The smallest absolute Gasteiger partial charge is 0.410 e. The van der Waals surface area contributed by atoms with E-state index in [4.69, 9.17) is 4.74 Å². The van der Waals surface area contributed by atoms with Gasteiger partial charge in [-0.3, -0.25) is 4.90 Å². The molecule has 1 fully saturated rings. The minimum Gasteiger partial charge on any atom is -0.444 e. The van der Waals surface area contributed by atoms with Crippen LogP contribution in [-0.2, 0) is 17.7 Å². The van der Waals surface area contributed by atoms with Crippen molar-refractivity contribution < 1.29 is 9.53 Å². The van der Waals surface area contributed by atoms with Crippen molar-refractivity contribution in [2.24, 2.45) is 0 Å². The van der Waals surface area contributed by atoms with E-state index in [-0.39, 0.29) is 12.1 Å². The van der Waals surface area contributed by atoms with Gasteiger partial charge in [0.15, 0.2) is 0 Å². The molecule has 0 bridgehead atoms. The van der Waals surface area contributed by atoms with Gasteiger partial charge in [0.25, 0.3) is 0 Å². The topological polar surface area (TPSA) is 32.8 Å². The van der Waals surface area contributed by atoms with Gasteiger partial charge in [0.1, 0.15) is 5.60 Å². The van der Waals surface area contributed by atoms with E-state index >= 15 is 0 Å². The zero-order valence-corrected chi connectivity index (χ0v) is 18.0. The molecule has 4 heteroatoms. The van der Waals surface area contributed by atoms with Gasteiger partial charge in [0, 0.05) is 32.2 Å². The Morgan fingerprint density at radius 1 is 0.966 bits per heavy atom. The molecule has 0 spiro atoms. The minimum absolute atomic E-state index is 0.179. The molecule has 4 nitrogen and oxygen atoms in total. The van der Waals surface area contributed by atoms with Crippen LogP contribution in [0.1, 0.15) is 44.7 Å². The minimum atomic E-state index is -0.465. The molecule has 1 heterocycles. The first-order chi connectivity index (χ1) is 13.9. The molecule has 0 unspecified atom stereocenters. The summed E-state index contributed by atoms with van der Waals surface area (Å²) in [5.41, 5.74) is 2.21. The second kappa shape index (κ2) is 9.93. The average Bonchev–Trinajstić information content (AvgIpc) is 2.68. The molecule has 0 aromatic heterocycles. The maximum absolute atomic E-state index is 12.8. The Bertz CT molecular complexity index is 755. The number of hydrogen-bond donors (Lipinski definition) is 0. The van der Waals surface area contributed by atoms with Gasteiger partial charge in [-0.05, 0) is 51.2 Å². The molecule has 0 saturated carbocycles. The summed E-state index contributed by atoms with van der Waals surface area (Å²) in [4.78, 5) is 17.2. The first-order valence-electron chi connectivity index (χ1n) is 10.7. The van der Waals surface area contributed by atoms with Crippen molar-refractivity contribution >= 4 is 6.09 Å². The summed E-state index contributed by atoms with van der Waals surface area (Å²) in [5, 5.41) is 0. The SMILES string of the molecule is CC(C)(C)OC(=O)N1CCN(Cc2ccccc2)C[C@@H]1CCCc1ccccc1. The fourth-order valence-electron chi connectivity index (χ4n) is 3.90. The Morgan fingerprint density at radius 3 is 2.21 bits per heavy atom. The van der Waals surface area contributed by atoms with Crippen LogP contribution in [0.2, 0.25) is 0 Å². The van der Waals surface area contributed by atoms with Crippen LogP contribution in [0.4, 0.5) is 4.79 Å². The number of benzene rings is 2.